The monoisotopic (exact) mass is 278 g/mol. The molecule has 1 aliphatic carbocycles. The quantitative estimate of drug-likeness (QED) is 0.784. The van der Waals surface area contributed by atoms with E-state index in [1.807, 2.05) is 13.8 Å². The first-order valence-electron chi connectivity index (χ1n) is 6.84. The van der Waals surface area contributed by atoms with Crippen LogP contribution in [0.5, 0.6) is 0 Å². The minimum absolute atomic E-state index is 0.289. The van der Waals surface area contributed by atoms with Crippen molar-refractivity contribution in [1.29, 1.82) is 0 Å². The van der Waals surface area contributed by atoms with Gasteiger partial charge in [0.1, 0.15) is 5.54 Å². The number of nitrogens with one attached hydrogen (secondary N) is 1. The molecule has 2 rings (SSSR count). The van der Waals surface area contributed by atoms with Crippen LogP contribution in [0.1, 0.15) is 31.4 Å². The molecule has 19 heavy (non-hydrogen) atoms. The molecule has 1 aromatic rings. The van der Waals surface area contributed by atoms with Gasteiger partial charge in [0.05, 0.1) is 0 Å². The number of hydrogen-bond acceptors (Lipinski definition) is 3. The Balaban J connectivity index is 2.03. The summed E-state index contributed by atoms with van der Waals surface area (Å²) in [6.45, 7) is 4.60. The second-order valence-electron chi connectivity index (χ2n) is 5.30. The van der Waals surface area contributed by atoms with Crippen molar-refractivity contribution < 1.29 is 4.79 Å². The summed E-state index contributed by atoms with van der Waals surface area (Å²) in [5.74, 6) is 0.373. The number of hydrogen-bond donors (Lipinski definition) is 2. The zero-order chi connectivity index (χ0) is 13.9. The van der Waals surface area contributed by atoms with Crippen molar-refractivity contribution in [2.75, 3.05) is 12.3 Å². The highest BCUT2D eigenvalue weighted by Crippen LogP contribution is 2.29. The van der Waals surface area contributed by atoms with Crippen molar-refractivity contribution in [3.63, 3.8) is 0 Å². The number of carbonyl (C=O) groups is 1. The molecule has 0 radical (unpaired) electrons. The molecule has 4 heteroatoms. The number of nitrogens with two attached hydrogens (primary N) is 1. The van der Waals surface area contributed by atoms with Gasteiger partial charge in [0.2, 0.25) is 5.91 Å². The average molecular weight is 278 g/mol. The molecular formula is C15H22N2OS. The third-order valence-corrected chi connectivity index (χ3v) is 5.02. The molecule has 0 bridgehead atoms. The minimum Gasteiger partial charge on any atom is -0.368 e. The topological polar surface area (TPSA) is 55.1 Å². The van der Waals surface area contributed by atoms with E-state index in [1.54, 1.807) is 11.8 Å². The van der Waals surface area contributed by atoms with Gasteiger partial charge in [0.15, 0.2) is 0 Å². The number of carbonyl (C=O) groups excluding carboxylic acids is 1. The molecule has 104 valence electrons. The zero-order valence-corrected chi connectivity index (χ0v) is 12.5. The maximum absolute atomic E-state index is 11.6. The predicted octanol–water partition coefficient (Wildman–Crippen LogP) is 2.12. The Morgan fingerprint density at radius 1 is 1.42 bits per heavy atom. The molecule has 1 unspecified atom stereocenters. The normalized spacial score (nSPS) is 16.9. The van der Waals surface area contributed by atoms with E-state index in [4.69, 9.17) is 5.73 Å². The summed E-state index contributed by atoms with van der Waals surface area (Å²) >= 11 is 1.70. The lowest BCUT2D eigenvalue weighted by Crippen LogP contribution is -2.55. The Kier molecular flexibility index (Phi) is 4.53. The highest BCUT2D eigenvalue weighted by molar-refractivity contribution is 7.99. The van der Waals surface area contributed by atoms with Gasteiger partial charge in [-0.2, -0.15) is 0 Å². The zero-order valence-electron chi connectivity index (χ0n) is 11.7. The molecule has 1 amide bonds. The van der Waals surface area contributed by atoms with Gasteiger partial charge < -0.3 is 11.1 Å². The van der Waals surface area contributed by atoms with Crippen LogP contribution in [0.15, 0.2) is 23.1 Å². The lowest BCUT2D eigenvalue weighted by atomic mass is 10.1. The number of rotatable bonds is 6. The van der Waals surface area contributed by atoms with E-state index in [1.165, 1.54) is 35.3 Å². The molecule has 0 heterocycles. The van der Waals surface area contributed by atoms with Crippen LogP contribution in [-0.4, -0.2) is 23.7 Å². The van der Waals surface area contributed by atoms with Gasteiger partial charge in [0, 0.05) is 10.6 Å². The summed E-state index contributed by atoms with van der Waals surface area (Å²) < 4.78 is 0. The Morgan fingerprint density at radius 2 is 2.16 bits per heavy atom. The summed E-state index contributed by atoms with van der Waals surface area (Å²) in [4.78, 5) is 12.8. The van der Waals surface area contributed by atoms with Crippen LogP contribution >= 0.6 is 11.8 Å². The summed E-state index contributed by atoms with van der Waals surface area (Å²) in [5.41, 5.74) is 7.80. The molecule has 0 saturated heterocycles. The van der Waals surface area contributed by atoms with E-state index in [0.29, 0.717) is 5.75 Å². The largest absolute Gasteiger partial charge is 0.368 e. The van der Waals surface area contributed by atoms with Gasteiger partial charge in [-0.1, -0.05) is 13.0 Å². The number of primary amides is 1. The summed E-state index contributed by atoms with van der Waals surface area (Å²) in [5, 5.41) is 3.19. The number of likely N-dealkylation sites (N-methyl/N-ethyl adjacent to an activating group) is 1. The van der Waals surface area contributed by atoms with Crippen molar-refractivity contribution in [3.05, 3.63) is 29.3 Å². The maximum Gasteiger partial charge on any atom is 0.238 e. The highest BCUT2D eigenvalue weighted by Gasteiger charge is 2.30. The number of thioether (sulfide) groups is 1. The fourth-order valence-electron chi connectivity index (χ4n) is 2.47. The van der Waals surface area contributed by atoms with Crippen LogP contribution in [0.2, 0.25) is 0 Å². The molecule has 3 nitrogen and oxygen atoms in total. The van der Waals surface area contributed by atoms with Gasteiger partial charge in [-0.15, -0.1) is 11.8 Å². The van der Waals surface area contributed by atoms with E-state index >= 15 is 0 Å². The van der Waals surface area contributed by atoms with Crippen LogP contribution in [0, 0.1) is 0 Å². The SMILES string of the molecule is CCNC(C)(CSc1ccc2c(c1)CCC2)C(N)=O. The maximum atomic E-state index is 11.6. The second kappa shape index (κ2) is 5.97. The molecular weight excluding hydrogens is 256 g/mol. The first kappa shape index (κ1) is 14.4. The van der Waals surface area contributed by atoms with Crippen molar-refractivity contribution in [2.24, 2.45) is 5.73 Å². The molecule has 0 spiro atoms. The second-order valence-corrected chi connectivity index (χ2v) is 6.35. The summed E-state index contributed by atoms with van der Waals surface area (Å²) in [7, 11) is 0. The Hall–Kier alpha value is -1.00. The molecule has 0 aromatic heterocycles. The van der Waals surface area contributed by atoms with Crippen LogP contribution in [0.4, 0.5) is 0 Å². The van der Waals surface area contributed by atoms with Crippen LogP contribution < -0.4 is 11.1 Å². The number of fused-ring (bicyclic) bond motifs is 1. The standard InChI is InChI=1S/C15H22N2OS/c1-3-17-15(2,14(16)18)10-19-13-8-7-11-5-4-6-12(11)9-13/h7-9,17H,3-6,10H2,1-2H3,(H2,16,18). The van der Waals surface area contributed by atoms with Crippen LogP contribution in [0.25, 0.3) is 0 Å². The molecule has 0 fully saturated rings. The fourth-order valence-corrected chi connectivity index (χ4v) is 3.55. The molecule has 1 aromatic carbocycles. The third kappa shape index (κ3) is 3.31. The van der Waals surface area contributed by atoms with Gasteiger partial charge in [-0.05, 0) is 56.0 Å². The van der Waals surface area contributed by atoms with Gasteiger partial charge in [0.25, 0.3) is 0 Å². The van der Waals surface area contributed by atoms with Gasteiger partial charge >= 0.3 is 0 Å². The van der Waals surface area contributed by atoms with Crippen molar-refractivity contribution in [3.8, 4) is 0 Å². The Morgan fingerprint density at radius 3 is 2.84 bits per heavy atom. The van der Waals surface area contributed by atoms with Crippen LogP contribution in [0.3, 0.4) is 0 Å². The highest BCUT2D eigenvalue weighted by atomic mass is 32.2. The van der Waals surface area contributed by atoms with Gasteiger partial charge in [-0.3, -0.25) is 4.79 Å². The molecule has 3 N–H and O–H groups in total. The molecule has 1 atom stereocenters. The lowest BCUT2D eigenvalue weighted by molar-refractivity contribution is -0.122. The lowest BCUT2D eigenvalue weighted by Gasteiger charge is -2.26. The van der Waals surface area contributed by atoms with E-state index in [9.17, 15) is 4.79 Å². The number of amides is 1. The molecule has 0 saturated carbocycles. The average Bonchev–Trinajstić information content (AvgIpc) is 2.84. The van der Waals surface area contributed by atoms with Crippen molar-refractivity contribution in [1.82, 2.24) is 5.32 Å². The summed E-state index contributed by atoms with van der Waals surface area (Å²) in [6, 6.07) is 6.64. The van der Waals surface area contributed by atoms with Crippen molar-refractivity contribution in [2.45, 2.75) is 43.5 Å². The van der Waals surface area contributed by atoms with E-state index in [-0.39, 0.29) is 5.91 Å². The first-order valence-corrected chi connectivity index (χ1v) is 7.83. The Labute approximate surface area is 119 Å². The minimum atomic E-state index is -0.640. The first-order chi connectivity index (χ1) is 9.05. The van der Waals surface area contributed by atoms with E-state index < -0.39 is 5.54 Å². The smallest absolute Gasteiger partial charge is 0.238 e. The summed E-state index contributed by atoms with van der Waals surface area (Å²) in [6.07, 6.45) is 3.65. The predicted molar refractivity (Wildman–Crippen MR) is 80.5 cm³/mol. The molecule has 1 aliphatic rings. The van der Waals surface area contributed by atoms with Crippen LogP contribution in [-0.2, 0) is 17.6 Å². The van der Waals surface area contributed by atoms with E-state index in [0.717, 1.165) is 6.54 Å². The Bertz CT molecular complexity index is 475. The number of aryl methyl sites for hydroxylation is 2. The number of benzene rings is 1. The van der Waals surface area contributed by atoms with E-state index in [2.05, 4.69) is 23.5 Å². The fraction of sp³-hybridized carbons (Fsp3) is 0.533. The van der Waals surface area contributed by atoms with Crippen molar-refractivity contribution >= 4 is 17.7 Å². The third-order valence-electron chi connectivity index (χ3n) is 3.71. The molecule has 0 aliphatic heterocycles. The van der Waals surface area contributed by atoms with Gasteiger partial charge in [-0.25, -0.2) is 0 Å².